The lowest BCUT2D eigenvalue weighted by molar-refractivity contribution is 0.139. The Balaban J connectivity index is 1.47. The lowest BCUT2D eigenvalue weighted by Crippen LogP contribution is -2.38. The molecule has 0 amide bonds. The van der Waals surface area contributed by atoms with E-state index in [1.165, 1.54) is 31.5 Å². The Labute approximate surface area is 127 Å². The highest BCUT2D eigenvalue weighted by molar-refractivity contribution is 5.17. The van der Waals surface area contributed by atoms with Gasteiger partial charge in [-0.1, -0.05) is 42.5 Å². The van der Waals surface area contributed by atoms with Gasteiger partial charge in [-0.15, -0.1) is 0 Å². The van der Waals surface area contributed by atoms with Crippen molar-refractivity contribution < 1.29 is 5.11 Å². The van der Waals surface area contributed by atoms with Crippen molar-refractivity contribution in [3.8, 4) is 0 Å². The fourth-order valence-corrected chi connectivity index (χ4v) is 4.86. The summed E-state index contributed by atoms with van der Waals surface area (Å²) in [5.74, 6) is 3.30. The lowest BCUT2D eigenvalue weighted by Gasteiger charge is -2.40. The van der Waals surface area contributed by atoms with Gasteiger partial charge in [0.1, 0.15) is 0 Å². The average Bonchev–Trinajstić information content (AvgIpc) is 3.02. The van der Waals surface area contributed by atoms with Gasteiger partial charge in [0.2, 0.25) is 0 Å². The van der Waals surface area contributed by atoms with E-state index >= 15 is 0 Å². The highest BCUT2D eigenvalue weighted by Crippen LogP contribution is 2.48. The van der Waals surface area contributed by atoms with Crippen LogP contribution in [0.4, 0.5) is 0 Å². The van der Waals surface area contributed by atoms with Crippen LogP contribution in [0.2, 0.25) is 0 Å². The predicted molar refractivity (Wildman–Crippen MR) is 84.9 cm³/mol. The number of rotatable bonds is 4. The molecule has 0 spiro atoms. The first kappa shape index (κ1) is 13.5. The summed E-state index contributed by atoms with van der Waals surface area (Å²) in [5, 5.41) is 9.87. The number of nitrogens with zero attached hydrogens (tertiary/aromatic N) is 1. The molecule has 2 fully saturated rings. The van der Waals surface area contributed by atoms with Gasteiger partial charge in [0.25, 0.3) is 0 Å². The van der Waals surface area contributed by atoms with E-state index in [1.54, 1.807) is 0 Å². The van der Waals surface area contributed by atoms with Gasteiger partial charge >= 0.3 is 0 Å². The fraction of sp³-hybridized carbons (Fsp3) is 0.579. The van der Waals surface area contributed by atoms with E-state index < -0.39 is 0 Å². The van der Waals surface area contributed by atoms with Gasteiger partial charge in [-0.3, -0.25) is 4.90 Å². The van der Waals surface area contributed by atoms with Gasteiger partial charge in [0, 0.05) is 19.1 Å². The zero-order valence-electron chi connectivity index (χ0n) is 12.6. The number of aliphatic hydroxyl groups excluding tert-OH is 1. The third-order valence-corrected chi connectivity index (χ3v) is 6.02. The molecule has 5 atom stereocenters. The van der Waals surface area contributed by atoms with Crippen molar-refractivity contribution in [3.63, 3.8) is 0 Å². The number of likely N-dealkylation sites (tertiary alicyclic amines) is 1. The van der Waals surface area contributed by atoms with Gasteiger partial charge in [0.15, 0.2) is 0 Å². The van der Waals surface area contributed by atoms with Crippen LogP contribution < -0.4 is 0 Å². The zero-order valence-corrected chi connectivity index (χ0v) is 12.6. The van der Waals surface area contributed by atoms with E-state index in [0.717, 1.165) is 30.1 Å². The van der Waals surface area contributed by atoms with Gasteiger partial charge in [-0.2, -0.15) is 0 Å². The first-order valence-corrected chi connectivity index (χ1v) is 8.42. The molecule has 1 saturated carbocycles. The molecule has 21 heavy (non-hydrogen) atoms. The largest absolute Gasteiger partial charge is 0.395 e. The van der Waals surface area contributed by atoms with Crippen molar-refractivity contribution in [1.29, 1.82) is 0 Å². The number of allylic oxidation sites excluding steroid dienone is 2. The maximum atomic E-state index is 9.87. The summed E-state index contributed by atoms with van der Waals surface area (Å²) in [6.07, 6.45) is 8.70. The van der Waals surface area contributed by atoms with Gasteiger partial charge in [-0.05, 0) is 48.5 Å². The second kappa shape index (κ2) is 5.58. The van der Waals surface area contributed by atoms with Crippen molar-refractivity contribution in [3.05, 3.63) is 48.0 Å². The predicted octanol–water partition coefficient (Wildman–Crippen LogP) is 2.73. The van der Waals surface area contributed by atoms with Crippen LogP contribution in [0.15, 0.2) is 42.5 Å². The Morgan fingerprint density at radius 2 is 1.62 bits per heavy atom. The van der Waals surface area contributed by atoms with Crippen LogP contribution in [0.5, 0.6) is 0 Å². The number of benzene rings is 1. The molecule has 2 heteroatoms. The van der Waals surface area contributed by atoms with Crippen molar-refractivity contribution in [2.45, 2.75) is 25.3 Å². The third kappa shape index (κ3) is 2.45. The molecule has 1 saturated heterocycles. The van der Waals surface area contributed by atoms with E-state index in [-0.39, 0.29) is 12.6 Å². The third-order valence-electron chi connectivity index (χ3n) is 6.02. The molecular formula is C19H25NO. The topological polar surface area (TPSA) is 23.5 Å². The minimum atomic E-state index is 0.275. The molecule has 2 nitrogen and oxygen atoms in total. The van der Waals surface area contributed by atoms with E-state index in [1.807, 2.05) is 0 Å². The number of aliphatic hydroxyl groups is 1. The van der Waals surface area contributed by atoms with E-state index in [4.69, 9.17) is 0 Å². The SMILES string of the molecule is OCC(Cc1ccccc1)N1CC2C3C=CC(CC3)C2C1. The zero-order chi connectivity index (χ0) is 14.2. The van der Waals surface area contributed by atoms with Crippen LogP contribution >= 0.6 is 0 Å². The Kier molecular flexibility index (Phi) is 3.60. The van der Waals surface area contributed by atoms with Crippen molar-refractivity contribution in [2.75, 3.05) is 19.7 Å². The fourth-order valence-electron chi connectivity index (χ4n) is 4.86. The normalized spacial score (nSPS) is 35.9. The highest BCUT2D eigenvalue weighted by atomic mass is 16.3. The Hall–Kier alpha value is -1.12. The second-order valence-electron chi connectivity index (χ2n) is 7.10. The maximum Gasteiger partial charge on any atom is 0.0590 e. The second-order valence-corrected chi connectivity index (χ2v) is 7.10. The number of fused-ring (bicyclic) bond motifs is 1. The Morgan fingerprint density at radius 3 is 2.14 bits per heavy atom. The Morgan fingerprint density at radius 1 is 1.00 bits per heavy atom. The molecule has 1 aromatic rings. The molecule has 5 unspecified atom stereocenters. The van der Waals surface area contributed by atoms with Crippen LogP contribution in [0, 0.1) is 23.7 Å². The van der Waals surface area contributed by atoms with E-state index in [9.17, 15) is 5.11 Å². The van der Waals surface area contributed by atoms with E-state index in [0.29, 0.717) is 0 Å². The van der Waals surface area contributed by atoms with Gasteiger partial charge < -0.3 is 5.11 Å². The summed E-state index contributed by atoms with van der Waals surface area (Å²) in [6.45, 7) is 2.65. The minimum absolute atomic E-state index is 0.275. The molecule has 1 aliphatic heterocycles. The number of hydrogen-bond acceptors (Lipinski definition) is 2. The van der Waals surface area contributed by atoms with Crippen LogP contribution in [0.1, 0.15) is 18.4 Å². The van der Waals surface area contributed by atoms with Crippen molar-refractivity contribution in [2.24, 2.45) is 23.7 Å². The van der Waals surface area contributed by atoms with E-state index in [2.05, 4.69) is 47.4 Å². The summed E-state index contributed by atoms with van der Waals surface area (Å²) < 4.78 is 0. The Bertz CT molecular complexity index is 490. The standard InChI is InChI=1S/C19H25NO/c21-13-17(10-14-4-2-1-3-5-14)20-11-18-15-6-7-16(9-8-15)19(18)12-20/h1-7,15-19,21H,8-13H2. The monoisotopic (exact) mass is 283 g/mol. The van der Waals surface area contributed by atoms with Crippen molar-refractivity contribution in [1.82, 2.24) is 4.90 Å². The lowest BCUT2D eigenvalue weighted by atomic mass is 9.64. The molecule has 0 radical (unpaired) electrons. The van der Waals surface area contributed by atoms with Gasteiger partial charge in [0.05, 0.1) is 6.61 Å². The summed E-state index contributed by atoms with van der Waals surface area (Å²) in [6, 6.07) is 10.9. The molecule has 4 aliphatic rings. The quantitative estimate of drug-likeness (QED) is 0.859. The summed E-state index contributed by atoms with van der Waals surface area (Å²) >= 11 is 0. The van der Waals surface area contributed by atoms with Crippen LogP contribution in [0.25, 0.3) is 0 Å². The van der Waals surface area contributed by atoms with Crippen LogP contribution in [-0.2, 0) is 6.42 Å². The molecule has 3 aliphatic carbocycles. The molecule has 1 heterocycles. The first-order valence-electron chi connectivity index (χ1n) is 8.42. The summed E-state index contributed by atoms with van der Waals surface area (Å²) in [5.41, 5.74) is 1.34. The molecular weight excluding hydrogens is 258 g/mol. The van der Waals surface area contributed by atoms with Crippen LogP contribution in [-0.4, -0.2) is 35.7 Å². The molecule has 1 N–H and O–H groups in total. The summed E-state index contributed by atoms with van der Waals surface area (Å²) in [7, 11) is 0. The highest BCUT2D eigenvalue weighted by Gasteiger charge is 2.46. The maximum absolute atomic E-state index is 9.87. The molecule has 2 bridgehead atoms. The van der Waals surface area contributed by atoms with Gasteiger partial charge in [-0.25, -0.2) is 0 Å². The smallest absolute Gasteiger partial charge is 0.0590 e. The van der Waals surface area contributed by atoms with Crippen molar-refractivity contribution >= 4 is 0 Å². The number of hydrogen-bond donors (Lipinski definition) is 1. The average molecular weight is 283 g/mol. The summed E-state index contributed by atoms with van der Waals surface area (Å²) in [4.78, 5) is 2.57. The molecule has 112 valence electrons. The molecule has 1 aromatic carbocycles. The molecule has 5 rings (SSSR count). The minimum Gasteiger partial charge on any atom is -0.395 e. The first-order chi connectivity index (χ1) is 10.3. The van der Waals surface area contributed by atoms with Crippen LogP contribution in [0.3, 0.4) is 0 Å². The molecule has 0 aromatic heterocycles.